The van der Waals surface area contributed by atoms with Gasteiger partial charge >= 0.3 is 5.63 Å². The van der Waals surface area contributed by atoms with Crippen molar-refractivity contribution in [3.8, 4) is 5.75 Å². The summed E-state index contributed by atoms with van der Waals surface area (Å²) in [6, 6.07) is 11.1. The lowest BCUT2D eigenvalue weighted by Crippen LogP contribution is -2.13. The van der Waals surface area contributed by atoms with Crippen LogP contribution in [0.5, 0.6) is 5.75 Å². The highest BCUT2D eigenvalue weighted by molar-refractivity contribution is 5.97. The van der Waals surface area contributed by atoms with E-state index in [2.05, 4.69) is 0 Å². The van der Waals surface area contributed by atoms with Gasteiger partial charge in [-0.15, -0.1) is 0 Å². The van der Waals surface area contributed by atoms with Crippen LogP contribution in [0, 0.1) is 20.8 Å². The molecule has 4 heteroatoms. The van der Waals surface area contributed by atoms with Crippen LogP contribution >= 0.6 is 0 Å². The summed E-state index contributed by atoms with van der Waals surface area (Å²) in [6.07, 6.45) is 0.631. The fraction of sp³-hybridized carbons (Fsp3) is 0.273. The van der Waals surface area contributed by atoms with E-state index in [-0.39, 0.29) is 18.0 Å². The molecule has 0 aliphatic heterocycles. The molecule has 0 radical (unpaired) electrons. The number of carbonyl (C=O) groups is 1. The van der Waals surface area contributed by atoms with E-state index in [0.717, 1.165) is 22.1 Å². The van der Waals surface area contributed by atoms with Gasteiger partial charge in [0.05, 0.1) is 0 Å². The Morgan fingerprint density at radius 2 is 1.69 bits per heavy atom. The van der Waals surface area contributed by atoms with Crippen molar-refractivity contribution in [2.45, 2.75) is 34.1 Å². The molecular formula is C22H22O4. The first-order chi connectivity index (χ1) is 12.4. The van der Waals surface area contributed by atoms with Crippen molar-refractivity contribution in [1.82, 2.24) is 0 Å². The molecule has 1 heterocycles. The van der Waals surface area contributed by atoms with E-state index in [1.807, 2.05) is 52.0 Å². The number of benzene rings is 2. The van der Waals surface area contributed by atoms with Gasteiger partial charge in [-0.25, -0.2) is 4.79 Å². The summed E-state index contributed by atoms with van der Waals surface area (Å²) in [4.78, 5) is 24.5. The minimum absolute atomic E-state index is 0.0638. The van der Waals surface area contributed by atoms with Gasteiger partial charge in [-0.3, -0.25) is 4.79 Å². The van der Waals surface area contributed by atoms with Crippen LogP contribution in [-0.2, 0) is 6.42 Å². The van der Waals surface area contributed by atoms with Crippen molar-refractivity contribution in [2.75, 3.05) is 6.61 Å². The van der Waals surface area contributed by atoms with Crippen molar-refractivity contribution in [3.63, 3.8) is 0 Å². The largest absolute Gasteiger partial charge is 0.485 e. The van der Waals surface area contributed by atoms with E-state index in [1.54, 1.807) is 12.1 Å². The first kappa shape index (κ1) is 17.9. The van der Waals surface area contributed by atoms with Gasteiger partial charge in [-0.05, 0) is 44.9 Å². The second kappa shape index (κ2) is 7.16. The second-order valence-electron chi connectivity index (χ2n) is 6.49. The maximum Gasteiger partial charge on any atom is 0.339 e. The molecule has 0 bridgehead atoms. The molecule has 2 aromatic carbocycles. The first-order valence-electron chi connectivity index (χ1n) is 8.71. The van der Waals surface area contributed by atoms with Crippen LogP contribution in [0.25, 0.3) is 11.0 Å². The predicted octanol–water partition coefficient (Wildman–Crippen LogP) is 4.54. The summed E-state index contributed by atoms with van der Waals surface area (Å²) in [5, 5.41) is 0.899. The molecule has 0 N–H and O–H groups in total. The fourth-order valence-corrected chi connectivity index (χ4v) is 3.10. The number of rotatable bonds is 5. The number of fused-ring (bicyclic) bond motifs is 1. The van der Waals surface area contributed by atoms with Crippen molar-refractivity contribution >= 4 is 16.8 Å². The quantitative estimate of drug-likeness (QED) is 0.501. The zero-order chi connectivity index (χ0) is 18.8. The molecule has 3 rings (SSSR count). The van der Waals surface area contributed by atoms with Gasteiger partial charge in [0.15, 0.2) is 12.4 Å². The van der Waals surface area contributed by atoms with Gasteiger partial charge in [0.1, 0.15) is 11.3 Å². The number of hydrogen-bond donors (Lipinski definition) is 0. The average Bonchev–Trinajstić information content (AvgIpc) is 2.62. The number of carbonyl (C=O) groups excluding carboxylic acids is 1. The fourth-order valence-electron chi connectivity index (χ4n) is 3.10. The molecule has 1 aromatic heterocycles. The Bertz CT molecular complexity index is 1030. The van der Waals surface area contributed by atoms with Gasteiger partial charge < -0.3 is 9.15 Å². The smallest absolute Gasteiger partial charge is 0.339 e. The van der Waals surface area contributed by atoms with Crippen LogP contribution in [0.3, 0.4) is 0 Å². The van der Waals surface area contributed by atoms with E-state index in [4.69, 9.17) is 9.15 Å². The Morgan fingerprint density at radius 1 is 1.00 bits per heavy atom. The lowest BCUT2D eigenvalue weighted by molar-refractivity contribution is 0.0921. The van der Waals surface area contributed by atoms with Crippen molar-refractivity contribution < 1.29 is 13.9 Å². The molecule has 134 valence electrons. The van der Waals surface area contributed by atoms with E-state index in [0.29, 0.717) is 28.9 Å². The zero-order valence-electron chi connectivity index (χ0n) is 15.5. The van der Waals surface area contributed by atoms with E-state index < -0.39 is 0 Å². The molecule has 0 aliphatic carbocycles. The monoisotopic (exact) mass is 350 g/mol. The summed E-state index contributed by atoms with van der Waals surface area (Å²) < 4.78 is 11.2. The molecule has 0 fully saturated rings. The maximum absolute atomic E-state index is 12.3. The normalized spacial score (nSPS) is 10.9. The molecule has 0 saturated carbocycles. The zero-order valence-corrected chi connectivity index (χ0v) is 15.5. The molecule has 26 heavy (non-hydrogen) atoms. The van der Waals surface area contributed by atoms with Crippen molar-refractivity contribution in [1.29, 1.82) is 0 Å². The molecule has 0 saturated heterocycles. The van der Waals surface area contributed by atoms with Gasteiger partial charge in [-0.2, -0.15) is 0 Å². The van der Waals surface area contributed by atoms with Crippen molar-refractivity contribution in [2.24, 2.45) is 0 Å². The molecule has 0 unspecified atom stereocenters. The van der Waals surface area contributed by atoms with Crippen LogP contribution in [0.15, 0.2) is 45.6 Å². The summed E-state index contributed by atoms with van der Waals surface area (Å²) in [5.74, 6) is 0.452. The third-order valence-electron chi connectivity index (χ3n) is 4.74. The Morgan fingerprint density at radius 3 is 2.35 bits per heavy atom. The van der Waals surface area contributed by atoms with Gasteiger partial charge in [0.2, 0.25) is 0 Å². The third kappa shape index (κ3) is 3.27. The van der Waals surface area contributed by atoms with Gasteiger partial charge in [0.25, 0.3) is 0 Å². The van der Waals surface area contributed by atoms with E-state index >= 15 is 0 Å². The van der Waals surface area contributed by atoms with E-state index in [1.165, 1.54) is 0 Å². The van der Waals surface area contributed by atoms with Crippen LogP contribution in [0.1, 0.15) is 39.5 Å². The Hall–Kier alpha value is -2.88. The number of Topliss-reactive ketones (excluding diaryl/α,β-unsaturated/α-hetero) is 1. The Balaban J connectivity index is 1.89. The highest BCUT2D eigenvalue weighted by Crippen LogP contribution is 2.29. The molecule has 4 nitrogen and oxygen atoms in total. The summed E-state index contributed by atoms with van der Waals surface area (Å²) in [5.41, 5.74) is 4.28. The molecular weight excluding hydrogens is 328 g/mol. The number of ether oxygens (including phenoxy) is 1. The van der Waals surface area contributed by atoms with Crippen LogP contribution in [0.4, 0.5) is 0 Å². The van der Waals surface area contributed by atoms with E-state index in [9.17, 15) is 9.59 Å². The topological polar surface area (TPSA) is 56.5 Å². The lowest BCUT2D eigenvalue weighted by Gasteiger charge is -2.12. The Kier molecular flexibility index (Phi) is 4.94. The number of ketones is 1. The number of aryl methyl sites for hydroxylation is 3. The standard InChI is InChI=1S/C22H22O4/c1-5-17-14(3)18-10-11-20(15(4)21(18)26-22(17)24)25-12-19(23)16-8-6-13(2)7-9-16/h6-11H,5,12H2,1-4H3. The van der Waals surface area contributed by atoms with Gasteiger partial charge in [0, 0.05) is 22.1 Å². The van der Waals surface area contributed by atoms with Gasteiger partial charge in [-0.1, -0.05) is 36.8 Å². The summed E-state index contributed by atoms with van der Waals surface area (Å²) >= 11 is 0. The highest BCUT2D eigenvalue weighted by Gasteiger charge is 2.15. The first-order valence-corrected chi connectivity index (χ1v) is 8.71. The van der Waals surface area contributed by atoms with Crippen molar-refractivity contribution in [3.05, 3.63) is 74.6 Å². The Labute approximate surface area is 152 Å². The maximum atomic E-state index is 12.3. The van der Waals surface area contributed by atoms with Crippen LogP contribution in [-0.4, -0.2) is 12.4 Å². The SMILES string of the molecule is CCc1c(C)c2ccc(OCC(=O)c3ccc(C)cc3)c(C)c2oc1=O. The third-order valence-corrected chi connectivity index (χ3v) is 4.74. The summed E-state index contributed by atoms with van der Waals surface area (Å²) in [7, 11) is 0. The number of hydrogen-bond acceptors (Lipinski definition) is 4. The highest BCUT2D eigenvalue weighted by atomic mass is 16.5. The lowest BCUT2D eigenvalue weighted by atomic mass is 10.0. The predicted molar refractivity (Wildman–Crippen MR) is 102 cm³/mol. The van der Waals surface area contributed by atoms with Crippen LogP contribution in [0.2, 0.25) is 0 Å². The van der Waals surface area contributed by atoms with Crippen LogP contribution < -0.4 is 10.4 Å². The minimum atomic E-state index is -0.312. The second-order valence-corrected chi connectivity index (χ2v) is 6.49. The average molecular weight is 350 g/mol. The minimum Gasteiger partial charge on any atom is -0.485 e. The molecule has 0 spiro atoms. The molecule has 0 aliphatic rings. The summed E-state index contributed by atoms with van der Waals surface area (Å²) in [6.45, 7) is 7.61. The molecule has 3 aromatic rings. The molecule has 0 amide bonds. The molecule has 0 atom stereocenters.